The van der Waals surface area contributed by atoms with Crippen LogP contribution in [0.25, 0.3) is 17.1 Å². The van der Waals surface area contributed by atoms with Gasteiger partial charge in [-0.05, 0) is 42.0 Å². The number of nitrogens with zero attached hydrogens (tertiary/aromatic N) is 4. The molecule has 1 heterocycles. The summed E-state index contributed by atoms with van der Waals surface area (Å²) in [7, 11) is 4.64. The third-order valence-electron chi connectivity index (χ3n) is 5.18. The van der Waals surface area contributed by atoms with Crippen molar-refractivity contribution in [1.29, 1.82) is 0 Å². The molecule has 1 aromatic heterocycles. The van der Waals surface area contributed by atoms with Gasteiger partial charge in [-0.2, -0.15) is 5.10 Å². The lowest BCUT2D eigenvalue weighted by Gasteiger charge is -2.15. The second-order valence-electron chi connectivity index (χ2n) is 7.57. The Morgan fingerprint density at radius 1 is 1.00 bits per heavy atom. The lowest BCUT2D eigenvalue weighted by atomic mass is 10.1. The number of benzene rings is 3. The fourth-order valence-corrected chi connectivity index (χ4v) is 4.26. The molecule has 11 heteroatoms. The molecule has 4 aromatic rings. The molecule has 0 spiro atoms. The Labute approximate surface area is 217 Å². The molecular weight excluding hydrogens is 494 g/mol. The van der Waals surface area contributed by atoms with E-state index in [4.69, 9.17) is 14.2 Å². The van der Waals surface area contributed by atoms with Crippen LogP contribution >= 0.6 is 11.8 Å². The third-order valence-corrected chi connectivity index (χ3v) is 6.11. The molecule has 4 rings (SSSR count). The van der Waals surface area contributed by atoms with Gasteiger partial charge in [-0.3, -0.25) is 9.36 Å². The molecule has 0 aliphatic heterocycles. The first kappa shape index (κ1) is 25.6. The highest BCUT2D eigenvalue weighted by molar-refractivity contribution is 7.99. The number of carbonyl (C=O) groups excluding carboxylic acids is 1. The SMILES string of the molecule is COc1cc(-c2nnc(SCC(=O)NN=Cc3cccc(O)c3)n2-c2ccccc2)cc(OC)c1OC. The first-order valence-electron chi connectivity index (χ1n) is 11.1. The number of hydrogen-bond acceptors (Lipinski definition) is 9. The van der Waals surface area contributed by atoms with E-state index >= 15 is 0 Å². The van der Waals surface area contributed by atoms with E-state index in [1.807, 2.05) is 34.9 Å². The predicted molar refractivity (Wildman–Crippen MR) is 141 cm³/mol. The average molecular weight is 520 g/mol. The van der Waals surface area contributed by atoms with Crippen LogP contribution in [0.3, 0.4) is 0 Å². The normalized spacial score (nSPS) is 10.9. The summed E-state index contributed by atoms with van der Waals surface area (Å²) in [5, 5.41) is 22.8. The summed E-state index contributed by atoms with van der Waals surface area (Å²) in [5.74, 6) is 1.83. The minimum Gasteiger partial charge on any atom is -0.508 e. The van der Waals surface area contributed by atoms with Gasteiger partial charge in [0, 0.05) is 11.3 Å². The van der Waals surface area contributed by atoms with Gasteiger partial charge >= 0.3 is 0 Å². The first-order chi connectivity index (χ1) is 18.0. The summed E-state index contributed by atoms with van der Waals surface area (Å²) in [5.41, 5.74) is 4.66. The Kier molecular flexibility index (Phi) is 8.26. The highest BCUT2D eigenvalue weighted by atomic mass is 32.2. The smallest absolute Gasteiger partial charge is 0.250 e. The minimum atomic E-state index is -0.321. The zero-order valence-corrected chi connectivity index (χ0v) is 21.2. The highest BCUT2D eigenvalue weighted by Crippen LogP contribution is 2.41. The summed E-state index contributed by atoms with van der Waals surface area (Å²) in [6, 6.07) is 19.7. The van der Waals surface area contributed by atoms with E-state index in [0.717, 1.165) is 5.69 Å². The maximum absolute atomic E-state index is 12.4. The minimum absolute atomic E-state index is 0.0532. The number of phenolic OH excluding ortho intramolecular Hbond substituents is 1. The fourth-order valence-electron chi connectivity index (χ4n) is 3.52. The number of hydrogen-bond donors (Lipinski definition) is 2. The molecule has 0 saturated heterocycles. The van der Waals surface area contributed by atoms with Crippen molar-refractivity contribution < 1.29 is 24.1 Å². The Morgan fingerprint density at radius 3 is 2.38 bits per heavy atom. The quantitative estimate of drug-likeness (QED) is 0.184. The summed E-state index contributed by atoms with van der Waals surface area (Å²) < 4.78 is 18.3. The molecule has 0 fully saturated rings. The number of carbonyl (C=O) groups is 1. The van der Waals surface area contributed by atoms with Crippen LogP contribution in [0.4, 0.5) is 0 Å². The monoisotopic (exact) mass is 519 g/mol. The molecule has 1 amide bonds. The van der Waals surface area contributed by atoms with Crippen molar-refractivity contribution in [3.8, 4) is 40.1 Å². The van der Waals surface area contributed by atoms with E-state index < -0.39 is 0 Å². The van der Waals surface area contributed by atoms with Gasteiger partial charge < -0.3 is 19.3 Å². The molecule has 0 aliphatic carbocycles. The average Bonchev–Trinajstić information content (AvgIpc) is 3.35. The zero-order chi connectivity index (χ0) is 26.2. The van der Waals surface area contributed by atoms with E-state index in [9.17, 15) is 9.90 Å². The van der Waals surface area contributed by atoms with E-state index in [1.165, 1.54) is 24.0 Å². The molecule has 0 saturated carbocycles. The topological polar surface area (TPSA) is 120 Å². The lowest BCUT2D eigenvalue weighted by Crippen LogP contribution is -2.20. The van der Waals surface area contributed by atoms with Gasteiger partial charge in [0.2, 0.25) is 5.75 Å². The molecular formula is C26H25N5O5S. The molecule has 37 heavy (non-hydrogen) atoms. The van der Waals surface area contributed by atoms with E-state index in [0.29, 0.717) is 39.4 Å². The number of methoxy groups -OCH3 is 3. The maximum Gasteiger partial charge on any atom is 0.250 e. The number of thioether (sulfide) groups is 1. The number of phenols is 1. The fraction of sp³-hybridized carbons (Fsp3) is 0.154. The number of nitrogens with one attached hydrogen (secondary N) is 1. The number of hydrazone groups is 1. The van der Waals surface area contributed by atoms with Gasteiger partial charge in [0.1, 0.15) is 5.75 Å². The summed E-state index contributed by atoms with van der Waals surface area (Å²) >= 11 is 1.22. The number of amides is 1. The molecule has 190 valence electrons. The second-order valence-corrected chi connectivity index (χ2v) is 8.51. The van der Waals surface area contributed by atoms with Crippen LogP contribution in [0, 0.1) is 0 Å². The van der Waals surface area contributed by atoms with Crippen molar-refractivity contribution in [2.75, 3.05) is 27.1 Å². The predicted octanol–water partition coefficient (Wildman–Crippen LogP) is 3.91. The zero-order valence-electron chi connectivity index (χ0n) is 20.4. The Morgan fingerprint density at radius 2 is 1.73 bits per heavy atom. The van der Waals surface area contributed by atoms with Gasteiger partial charge in [0.05, 0.1) is 33.3 Å². The first-order valence-corrected chi connectivity index (χ1v) is 12.1. The van der Waals surface area contributed by atoms with Crippen LogP contribution in [-0.4, -0.2) is 59.1 Å². The van der Waals surface area contributed by atoms with E-state index in [-0.39, 0.29) is 17.4 Å². The van der Waals surface area contributed by atoms with E-state index in [2.05, 4.69) is 20.7 Å². The molecule has 0 atom stereocenters. The Balaban J connectivity index is 1.59. The van der Waals surface area contributed by atoms with Crippen LogP contribution in [-0.2, 0) is 4.79 Å². The largest absolute Gasteiger partial charge is 0.508 e. The molecule has 0 aliphatic rings. The summed E-state index contributed by atoms with van der Waals surface area (Å²) in [4.78, 5) is 12.4. The maximum atomic E-state index is 12.4. The molecule has 2 N–H and O–H groups in total. The molecule has 0 unspecified atom stereocenters. The Bertz CT molecular complexity index is 1380. The van der Waals surface area contributed by atoms with Gasteiger partial charge in [-0.25, -0.2) is 5.43 Å². The molecule has 0 bridgehead atoms. The summed E-state index contributed by atoms with van der Waals surface area (Å²) in [6.45, 7) is 0. The number of aromatic nitrogens is 3. The van der Waals surface area contributed by atoms with Crippen molar-refractivity contribution in [3.05, 3.63) is 72.3 Å². The molecule has 10 nitrogen and oxygen atoms in total. The van der Waals surface area contributed by atoms with Crippen molar-refractivity contribution in [2.24, 2.45) is 5.10 Å². The van der Waals surface area contributed by atoms with Gasteiger partial charge in [0.25, 0.3) is 5.91 Å². The van der Waals surface area contributed by atoms with Crippen LogP contribution in [0.1, 0.15) is 5.56 Å². The van der Waals surface area contributed by atoms with Gasteiger partial charge in [-0.15, -0.1) is 10.2 Å². The van der Waals surface area contributed by atoms with E-state index in [1.54, 1.807) is 51.7 Å². The van der Waals surface area contributed by atoms with Crippen molar-refractivity contribution in [1.82, 2.24) is 20.2 Å². The van der Waals surface area contributed by atoms with Crippen molar-refractivity contribution in [2.45, 2.75) is 5.16 Å². The third kappa shape index (κ3) is 6.01. The highest BCUT2D eigenvalue weighted by Gasteiger charge is 2.21. The molecule has 3 aromatic carbocycles. The number of ether oxygens (including phenoxy) is 3. The van der Waals surface area contributed by atoms with Gasteiger partial charge in [-0.1, -0.05) is 42.1 Å². The number of rotatable bonds is 10. The number of para-hydroxylation sites is 1. The van der Waals surface area contributed by atoms with Gasteiger partial charge in [0.15, 0.2) is 22.5 Å². The van der Waals surface area contributed by atoms with Crippen LogP contribution in [0.2, 0.25) is 0 Å². The second kappa shape index (κ2) is 12.0. The summed E-state index contributed by atoms with van der Waals surface area (Å²) in [6.07, 6.45) is 1.46. The number of aromatic hydroxyl groups is 1. The lowest BCUT2D eigenvalue weighted by molar-refractivity contribution is -0.118. The van der Waals surface area contributed by atoms with Crippen molar-refractivity contribution >= 4 is 23.9 Å². The van der Waals surface area contributed by atoms with Crippen molar-refractivity contribution in [3.63, 3.8) is 0 Å². The van der Waals surface area contributed by atoms with Crippen LogP contribution < -0.4 is 19.6 Å². The van der Waals surface area contributed by atoms with Crippen LogP contribution in [0.5, 0.6) is 23.0 Å². The standard InChI is InChI=1S/C26H25N5O5S/c1-34-21-13-18(14-22(35-2)24(21)36-3)25-29-30-26(31(25)19-9-5-4-6-10-19)37-16-23(33)28-27-15-17-8-7-11-20(32)12-17/h4-15,32H,16H2,1-3H3,(H,28,33). The Hall–Kier alpha value is -4.51. The van der Waals surface area contributed by atoms with Crippen LogP contribution in [0.15, 0.2) is 77.0 Å². The molecule has 0 radical (unpaired) electrons.